The van der Waals surface area contributed by atoms with Gasteiger partial charge in [0.2, 0.25) is 0 Å². The van der Waals surface area contributed by atoms with E-state index in [-0.39, 0.29) is 11.7 Å². The van der Waals surface area contributed by atoms with Crippen molar-refractivity contribution in [3.05, 3.63) is 60.2 Å². The lowest BCUT2D eigenvalue weighted by Gasteiger charge is -2.06. The fourth-order valence-electron chi connectivity index (χ4n) is 3.38. The predicted octanol–water partition coefficient (Wildman–Crippen LogP) is 4.76. The average Bonchev–Trinajstić information content (AvgIpc) is 3.11. The summed E-state index contributed by atoms with van der Waals surface area (Å²) in [4.78, 5) is 11.8. The van der Waals surface area contributed by atoms with Crippen LogP contribution in [0.2, 0.25) is 0 Å². The van der Waals surface area contributed by atoms with E-state index in [2.05, 4.69) is 59.6 Å². The number of aromatic nitrogens is 2. The van der Waals surface area contributed by atoms with Crippen LogP contribution in [-0.4, -0.2) is 20.8 Å². The van der Waals surface area contributed by atoms with E-state index in [1.807, 2.05) is 18.2 Å². The second-order valence-electron chi connectivity index (χ2n) is 6.07. The van der Waals surface area contributed by atoms with Crippen LogP contribution in [0.15, 0.2) is 54.6 Å². The number of hydrogen-bond acceptors (Lipinski definition) is 1. The number of rotatable bonds is 3. The van der Waals surface area contributed by atoms with Gasteiger partial charge < -0.3 is 9.13 Å². The van der Waals surface area contributed by atoms with Crippen molar-refractivity contribution < 1.29 is 4.79 Å². The Labute approximate surface area is 145 Å². The molecule has 4 heteroatoms. The van der Waals surface area contributed by atoms with Crippen molar-refractivity contribution in [2.45, 2.75) is 0 Å². The predicted molar refractivity (Wildman–Crippen MR) is 99.9 cm³/mol. The minimum atomic E-state index is -0.0476. The summed E-state index contributed by atoms with van der Waals surface area (Å²) in [7, 11) is 4.14. The first-order valence-electron chi connectivity index (χ1n) is 7.83. The zero-order valence-electron chi connectivity index (χ0n) is 13.6. The number of nitrogens with zero attached hydrogens (tertiary/aromatic N) is 2. The molecule has 2 aromatic carbocycles. The Morgan fingerprint density at radius 3 is 2.17 bits per heavy atom. The number of carbonyl (C=O) groups excluding carboxylic acids is 1. The van der Waals surface area contributed by atoms with Crippen LogP contribution < -0.4 is 0 Å². The first kappa shape index (κ1) is 15.0. The molecule has 0 bridgehead atoms. The highest BCUT2D eigenvalue weighted by atomic mass is 35.5. The molecule has 0 saturated heterocycles. The highest BCUT2D eigenvalue weighted by Crippen LogP contribution is 2.31. The number of para-hydroxylation sites is 1. The van der Waals surface area contributed by atoms with Gasteiger partial charge in [0.15, 0.2) is 5.78 Å². The first-order valence-corrected chi connectivity index (χ1v) is 8.37. The minimum absolute atomic E-state index is 0.00833. The number of aryl methyl sites for hydroxylation is 2. The Morgan fingerprint density at radius 2 is 1.50 bits per heavy atom. The van der Waals surface area contributed by atoms with E-state index in [1.54, 1.807) is 0 Å². The van der Waals surface area contributed by atoms with Gasteiger partial charge in [-0.3, -0.25) is 4.79 Å². The number of alkyl halides is 1. The van der Waals surface area contributed by atoms with E-state index >= 15 is 0 Å². The number of halogens is 1. The molecule has 0 aliphatic rings. The van der Waals surface area contributed by atoms with Gasteiger partial charge in [-0.1, -0.05) is 18.2 Å². The second kappa shape index (κ2) is 5.53. The molecule has 4 aromatic rings. The molecule has 0 aliphatic heterocycles. The molecular formula is C20H17ClN2O. The van der Waals surface area contributed by atoms with Crippen molar-refractivity contribution in [2.24, 2.45) is 14.1 Å². The van der Waals surface area contributed by atoms with Crippen LogP contribution in [0.4, 0.5) is 0 Å². The summed E-state index contributed by atoms with van der Waals surface area (Å²) >= 11 is 5.68. The van der Waals surface area contributed by atoms with Crippen molar-refractivity contribution in [3.8, 4) is 11.4 Å². The molecule has 3 nitrogen and oxygen atoms in total. The van der Waals surface area contributed by atoms with Gasteiger partial charge in [0.1, 0.15) is 0 Å². The van der Waals surface area contributed by atoms with Gasteiger partial charge in [0.25, 0.3) is 0 Å². The normalized spacial score (nSPS) is 11.5. The quantitative estimate of drug-likeness (QED) is 0.391. The third kappa shape index (κ3) is 2.16. The van der Waals surface area contributed by atoms with E-state index in [9.17, 15) is 4.79 Å². The number of hydrogen-bond donors (Lipinski definition) is 0. The zero-order chi connectivity index (χ0) is 16.8. The largest absolute Gasteiger partial charge is 0.342 e. The lowest BCUT2D eigenvalue weighted by atomic mass is 10.1. The maximum Gasteiger partial charge on any atom is 0.177 e. The van der Waals surface area contributed by atoms with E-state index in [0.717, 1.165) is 22.3 Å². The van der Waals surface area contributed by atoms with Crippen LogP contribution in [0.5, 0.6) is 0 Å². The average molecular weight is 337 g/mol. The Morgan fingerprint density at radius 1 is 0.875 bits per heavy atom. The van der Waals surface area contributed by atoms with Crippen molar-refractivity contribution in [2.75, 3.05) is 5.88 Å². The molecule has 0 radical (unpaired) electrons. The summed E-state index contributed by atoms with van der Waals surface area (Å²) in [6.07, 6.45) is 0. The van der Waals surface area contributed by atoms with E-state index in [4.69, 9.17) is 11.6 Å². The molecule has 24 heavy (non-hydrogen) atoms. The van der Waals surface area contributed by atoms with Crippen molar-refractivity contribution in [3.63, 3.8) is 0 Å². The molecule has 2 heterocycles. The van der Waals surface area contributed by atoms with Crippen LogP contribution >= 0.6 is 11.6 Å². The Balaban J connectivity index is 1.94. The summed E-state index contributed by atoms with van der Waals surface area (Å²) in [5, 5.41) is 2.27. The zero-order valence-corrected chi connectivity index (χ0v) is 14.3. The topological polar surface area (TPSA) is 26.9 Å². The van der Waals surface area contributed by atoms with Gasteiger partial charge in [0.05, 0.1) is 17.3 Å². The molecule has 120 valence electrons. The standard InChI is InChI=1S/C20H17ClN2O/c1-22-16-6-4-3-5-13(16)10-18(22)19-11-15-9-14(20(24)12-21)7-8-17(15)23(19)2/h3-11H,12H2,1-2H3. The maximum absolute atomic E-state index is 11.8. The highest BCUT2D eigenvalue weighted by molar-refractivity contribution is 6.30. The fourth-order valence-corrected chi connectivity index (χ4v) is 3.53. The second-order valence-corrected chi connectivity index (χ2v) is 6.33. The van der Waals surface area contributed by atoms with Gasteiger partial charge in [-0.15, -0.1) is 11.6 Å². The van der Waals surface area contributed by atoms with E-state index in [0.29, 0.717) is 5.56 Å². The van der Waals surface area contributed by atoms with Gasteiger partial charge >= 0.3 is 0 Å². The van der Waals surface area contributed by atoms with Crippen LogP contribution in [0.3, 0.4) is 0 Å². The van der Waals surface area contributed by atoms with Crippen LogP contribution in [0, 0.1) is 0 Å². The Kier molecular flexibility index (Phi) is 3.47. The monoisotopic (exact) mass is 336 g/mol. The SMILES string of the molecule is Cn1c(-c2cc3cc(C(=O)CCl)ccc3n2C)cc2ccccc21. The molecule has 0 spiro atoms. The molecule has 0 fully saturated rings. The molecule has 0 unspecified atom stereocenters. The summed E-state index contributed by atoms with van der Waals surface area (Å²) in [6, 6.07) is 18.4. The molecule has 0 saturated carbocycles. The fraction of sp³-hybridized carbons (Fsp3) is 0.150. The molecule has 0 atom stereocenters. The molecule has 4 rings (SSSR count). The maximum atomic E-state index is 11.8. The van der Waals surface area contributed by atoms with Crippen molar-refractivity contribution in [1.82, 2.24) is 9.13 Å². The summed E-state index contributed by atoms with van der Waals surface area (Å²) in [5.41, 5.74) is 5.24. The molecular weight excluding hydrogens is 320 g/mol. The molecule has 0 aliphatic carbocycles. The molecule has 2 aromatic heterocycles. The highest BCUT2D eigenvalue weighted by Gasteiger charge is 2.14. The Hall–Kier alpha value is -2.52. The Bertz CT molecular complexity index is 1090. The van der Waals surface area contributed by atoms with Crippen molar-refractivity contribution in [1.29, 1.82) is 0 Å². The summed E-state index contributed by atoms with van der Waals surface area (Å²) in [5.74, 6) is -0.0393. The summed E-state index contributed by atoms with van der Waals surface area (Å²) < 4.78 is 4.37. The smallest absolute Gasteiger partial charge is 0.177 e. The number of fused-ring (bicyclic) bond motifs is 2. The van der Waals surface area contributed by atoms with Crippen LogP contribution in [0.1, 0.15) is 10.4 Å². The number of carbonyl (C=O) groups is 1. The van der Waals surface area contributed by atoms with E-state index in [1.165, 1.54) is 10.9 Å². The van der Waals surface area contributed by atoms with Gasteiger partial charge in [-0.25, -0.2) is 0 Å². The van der Waals surface area contributed by atoms with Crippen LogP contribution in [-0.2, 0) is 14.1 Å². The van der Waals surface area contributed by atoms with E-state index < -0.39 is 0 Å². The number of benzene rings is 2. The number of ketones is 1. The minimum Gasteiger partial charge on any atom is -0.342 e. The summed E-state index contributed by atoms with van der Waals surface area (Å²) in [6.45, 7) is 0. The lowest BCUT2D eigenvalue weighted by molar-refractivity contribution is 0.102. The van der Waals surface area contributed by atoms with Gasteiger partial charge in [-0.05, 0) is 36.4 Å². The van der Waals surface area contributed by atoms with Crippen molar-refractivity contribution >= 4 is 39.2 Å². The van der Waals surface area contributed by atoms with Gasteiger partial charge in [-0.2, -0.15) is 0 Å². The molecule has 0 N–H and O–H groups in total. The molecule has 0 amide bonds. The van der Waals surface area contributed by atoms with Crippen LogP contribution in [0.25, 0.3) is 33.2 Å². The lowest BCUT2D eigenvalue weighted by Crippen LogP contribution is -2.00. The third-order valence-electron chi connectivity index (χ3n) is 4.70. The third-order valence-corrected chi connectivity index (χ3v) is 4.94. The number of Topliss-reactive ketones (excluding diaryl/α,β-unsaturated/α-hetero) is 1. The first-order chi connectivity index (χ1) is 11.6. The van der Waals surface area contributed by atoms with Gasteiger partial charge in [0, 0.05) is 41.5 Å².